The van der Waals surface area contributed by atoms with Gasteiger partial charge in [-0.2, -0.15) is 0 Å². The van der Waals surface area contributed by atoms with E-state index in [0.717, 1.165) is 31.0 Å². The van der Waals surface area contributed by atoms with Gasteiger partial charge in [0.2, 0.25) is 5.91 Å². The summed E-state index contributed by atoms with van der Waals surface area (Å²) in [6.07, 6.45) is 0.942. The molecule has 1 aliphatic rings. The number of carbonyl (C=O) groups is 1. The van der Waals surface area contributed by atoms with Gasteiger partial charge in [-0.05, 0) is 6.92 Å². The van der Waals surface area contributed by atoms with Crippen molar-refractivity contribution in [2.75, 3.05) is 13.1 Å². The van der Waals surface area contributed by atoms with E-state index in [-0.39, 0.29) is 11.3 Å². The standard InChI is InChI=1S/C14H24N4O/c1-5-16-12(19)9-18-11-6-7-15-8-10(11)17-13(18)14(2,3)4/h15H,5-9H2,1-4H3,(H,16,19). The van der Waals surface area contributed by atoms with E-state index in [1.54, 1.807) is 0 Å². The summed E-state index contributed by atoms with van der Waals surface area (Å²) in [5.74, 6) is 1.07. The van der Waals surface area contributed by atoms with Crippen molar-refractivity contribution in [3.63, 3.8) is 0 Å². The Labute approximate surface area is 114 Å². The van der Waals surface area contributed by atoms with Gasteiger partial charge in [0.25, 0.3) is 0 Å². The van der Waals surface area contributed by atoms with Gasteiger partial charge in [0, 0.05) is 37.2 Å². The fraction of sp³-hybridized carbons (Fsp3) is 0.714. The Hall–Kier alpha value is -1.36. The van der Waals surface area contributed by atoms with Crippen LogP contribution in [0.5, 0.6) is 0 Å². The Morgan fingerprint density at radius 2 is 2.21 bits per heavy atom. The molecule has 0 spiro atoms. The molecule has 5 heteroatoms. The predicted octanol–water partition coefficient (Wildman–Crippen LogP) is 0.962. The summed E-state index contributed by atoms with van der Waals surface area (Å²) in [6, 6.07) is 0. The lowest BCUT2D eigenvalue weighted by molar-refractivity contribution is -0.121. The van der Waals surface area contributed by atoms with E-state index in [2.05, 4.69) is 36.0 Å². The number of likely N-dealkylation sites (N-methyl/N-ethyl adjacent to an activating group) is 1. The van der Waals surface area contributed by atoms with E-state index >= 15 is 0 Å². The molecule has 0 saturated carbocycles. The van der Waals surface area contributed by atoms with E-state index in [0.29, 0.717) is 13.1 Å². The number of imidazole rings is 1. The molecule has 19 heavy (non-hydrogen) atoms. The fourth-order valence-electron chi connectivity index (χ4n) is 2.51. The minimum atomic E-state index is -0.0518. The Bertz CT molecular complexity index is 471. The number of amides is 1. The highest BCUT2D eigenvalue weighted by molar-refractivity contribution is 5.75. The van der Waals surface area contributed by atoms with Crippen LogP contribution in [0.2, 0.25) is 0 Å². The molecule has 2 N–H and O–H groups in total. The second-order valence-electron chi connectivity index (χ2n) is 6.05. The SMILES string of the molecule is CCNC(=O)Cn1c(C(C)(C)C)nc2c1CCNC2. The smallest absolute Gasteiger partial charge is 0.239 e. The van der Waals surface area contributed by atoms with Gasteiger partial charge in [-0.25, -0.2) is 4.98 Å². The van der Waals surface area contributed by atoms with Crippen LogP contribution in [0, 0.1) is 0 Å². The van der Waals surface area contributed by atoms with Crippen LogP contribution in [0.4, 0.5) is 0 Å². The minimum Gasteiger partial charge on any atom is -0.355 e. The average Bonchev–Trinajstić information content (AvgIpc) is 2.69. The van der Waals surface area contributed by atoms with E-state index in [9.17, 15) is 4.79 Å². The van der Waals surface area contributed by atoms with E-state index in [1.165, 1.54) is 5.69 Å². The number of hydrogen-bond donors (Lipinski definition) is 2. The van der Waals surface area contributed by atoms with Gasteiger partial charge in [-0.3, -0.25) is 4.79 Å². The van der Waals surface area contributed by atoms with Gasteiger partial charge in [0.1, 0.15) is 12.4 Å². The summed E-state index contributed by atoms with van der Waals surface area (Å²) >= 11 is 0. The molecule has 1 aliphatic heterocycles. The van der Waals surface area contributed by atoms with Crippen molar-refractivity contribution >= 4 is 5.91 Å². The van der Waals surface area contributed by atoms with Gasteiger partial charge < -0.3 is 15.2 Å². The molecule has 2 heterocycles. The first kappa shape index (κ1) is 14.1. The van der Waals surface area contributed by atoms with Crippen molar-refractivity contribution in [3.8, 4) is 0 Å². The Morgan fingerprint density at radius 3 is 2.84 bits per heavy atom. The lowest BCUT2D eigenvalue weighted by atomic mass is 9.95. The Balaban J connectivity index is 2.38. The Kier molecular flexibility index (Phi) is 3.94. The van der Waals surface area contributed by atoms with Crippen LogP contribution in [0.15, 0.2) is 0 Å². The third-order valence-corrected chi connectivity index (χ3v) is 3.33. The normalized spacial score (nSPS) is 15.2. The van der Waals surface area contributed by atoms with Crippen molar-refractivity contribution in [3.05, 3.63) is 17.2 Å². The molecular formula is C14H24N4O. The number of rotatable bonds is 3. The van der Waals surface area contributed by atoms with Crippen LogP contribution in [0.25, 0.3) is 0 Å². The largest absolute Gasteiger partial charge is 0.355 e. The fourth-order valence-corrected chi connectivity index (χ4v) is 2.51. The van der Waals surface area contributed by atoms with Crippen LogP contribution in [-0.4, -0.2) is 28.5 Å². The van der Waals surface area contributed by atoms with Crippen molar-refractivity contribution in [2.24, 2.45) is 0 Å². The van der Waals surface area contributed by atoms with Crippen LogP contribution in [0.3, 0.4) is 0 Å². The molecule has 1 amide bonds. The number of nitrogens with one attached hydrogen (secondary N) is 2. The minimum absolute atomic E-state index is 0.0518. The Morgan fingerprint density at radius 1 is 1.47 bits per heavy atom. The summed E-state index contributed by atoms with van der Waals surface area (Å²) < 4.78 is 2.11. The lowest BCUT2D eigenvalue weighted by Crippen LogP contribution is -2.32. The average molecular weight is 264 g/mol. The summed E-state index contributed by atoms with van der Waals surface area (Å²) in [5.41, 5.74) is 2.26. The molecule has 0 aliphatic carbocycles. The molecular weight excluding hydrogens is 240 g/mol. The third kappa shape index (κ3) is 2.97. The van der Waals surface area contributed by atoms with Crippen molar-refractivity contribution in [1.29, 1.82) is 0 Å². The quantitative estimate of drug-likeness (QED) is 0.855. The number of carbonyl (C=O) groups excluding carboxylic acids is 1. The van der Waals surface area contributed by atoms with Crippen LogP contribution in [-0.2, 0) is 29.7 Å². The summed E-state index contributed by atoms with van der Waals surface area (Å²) in [4.78, 5) is 16.7. The molecule has 0 unspecified atom stereocenters. The zero-order chi connectivity index (χ0) is 14.0. The molecule has 0 aromatic carbocycles. The predicted molar refractivity (Wildman–Crippen MR) is 75.0 cm³/mol. The van der Waals surface area contributed by atoms with Crippen molar-refractivity contribution < 1.29 is 4.79 Å². The summed E-state index contributed by atoms with van der Waals surface area (Å²) in [6.45, 7) is 11.2. The van der Waals surface area contributed by atoms with Crippen LogP contribution in [0.1, 0.15) is 44.9 Å². The molecule has 0 bridgehead atoms. The first-order chi connectivity index (χ1) is 8.93. The molecule has 0 radical (unpaired) electrons. The van der Waals surface area contributed by atoms with E-state index < -0.39 is 0 Å². The highest BCUT2D eigenvalue weighted by Gasteiger charge is 2.27. The summed E-state index contributed by atoms with van der Waals surface area (Å²) in [7, 11) is 0. The molecule has 0 atom stereocenters. The molecule has 0 saturated heterocycles. The van der Waals surface area contributed by atoms with Crippen molar-refractivity contribution in [1.82, 2.24) is 20.2 Å². The maximum Gasteiger partial charge on any atom is 0.239 e. The second kappa shape index (κ2) is 5.33. The maximum atomic E-state index is 11.9. The maximum absolute atomic E-state index is 11.9. The topological polar surface area (TPSA) is 59.0 Å². The van der Waals surface area contributed by atoms with Gasteiger partial charge in [-0.1, -0.05) is 20.8 Å². The molecule has 5 nitrogen and oxygen atoms in total. The third-order valence-electron chi connectivity index (χ3n) is 3.33. The van der Waals surface area contributed by atoms with Gasteiger partial charge >= 0.3 is 0 Å². The van der Waals surface area contributed by atoms with Gasteiger partial charge in [0.15, 0.2) is 0 Å². The molecule has 1 aromatic rings. The zero-order valence-corrected chi connectivity index (χ0v) is 12.3. The number of nitrogens with zero attached hydrogens (tertiary/aromatic N) is 2. The first-order valence-electron chi connectivity index (χ1n) is 6.99. The first-order valence-corrected chi connectivity index (χ1v) is 6.99. The molecule has 0 fully saturated rings. The van der Waals surface area contributed by atoms with Crippen LogP contribution < -0.4 is 10.6 Å². The van der Waals surface area contributed by atoms with E-state index in [4.69, 9.17) is 4.98 Å². The summed E-state index contributed by atoms with van der Waals surface area (Å²) in [5, 5.41) is 6.20. The lowest BCUT2D eigenvalue weighted by Gasteiger charge is -2.21. The number of hydrogen-bond acceptors (Lipinski definition) is 3. The highest BCUT2D eigenvalue weighted by atomic mass is 16.1. The van der Waals surface area contributed by atoms with Crippen molar-refractivity contribution in [2.45, 2.75) is 52.6 Å². The number of aromatic nitrogens is 2. The monoisotopic (exact) mass is 264 g/mol. The van der Waals surface area contributed by atoms with Crippen LogP contribution >= 0.6 is 0 Å². The van der Waals surface area contributed by atoms with Gasteiger partial charge in [-0.15, -0.1) is 0 Å². The second-order valence-corrected chi connectivity index (χ2v) is 6.05. The highest BCUT2D eigenvalue weighted by Crippen LogP contribution is 2.26. The van der Waals surface area contributed by atoms with E-state index in [1.807, 2.05) is 6.92 Å². The molecule has 2 rings (SSSR count). The number of fused-ring (bicyclic) bond motifs is 1. The zero-order valence-electron chi connectivity index (χ0n) is 12.3. The molecule has 106 valence electrons. The molecule has 1 aromatic heterocycles. The van der Waals surface area contributed by atoms with Gasteiger partial charge in [0.05, 0.1) is 5.69 Å².